The van der Waals surface area contributed by atoms with Gasteiger partial charge < -0.3 is 10.0 Å². The van der Waals surface area contributed by atoms with E-state index in [1.807, 2.05) is 6.92 Å². The molecule has 2 atom stereocenters. The monoisotopic (exact) mass is 293 g/mol. The zero-order valence-electron chi connectivity index (χ0n) is 13.1. The number of aliphatic carboxylic acids is 1. The molecule has 6 heteroatoms. The molecule has 1 fully saturated rings. The van der Waals surface area contributed by atoms with Crippen molar-refractivity contribution in [3.05, 3.63) is 17.0 Å². The van der Waals surface area contributed by atoms with Crippen LogP contribution in [0.5, 0.6) is 0 Å². The predicted octanol–water partition coefficient (Wildman–Crippen LogP) is 1.75. The Hall–Kier alpha value is -1.85. The summed E-state index contributed by atoms with van der Waals surface area (Å²) in [6.45, 7) is 6.19. The van der Waals surface area contributed by atoms with E-state index in [4.69, 9.17) is 0 Å². The van der Waals surface area contributed by atoms with Gasteiger partial charge in [0.2, 0.25) is 0 Å². The molecule has 2 rings (SSSR count). The van der Waals surface area contributed by atoms with Crippen molar-refractivity contribution in [1.82, 2.24) is 14.7 Å². The van der Waals surface area contributed by atoms with Crippen molar-refractivity contribution in [2.24, 2.45) is 13.0 Å². The van der Waals surface area contributed by atoms with Gasteiger partial charge in [-0.3, -0.25) is 9.48 Å². The Balaban J connectivity index is 2.31. The summed E-state index contributed by atoms with van der Waals surface area (Å²) < 4.78 is 1.66. The lowest BCUT2D eigenvalue weighted by atomic mass is 9.88. The minimum absolute atomic E-state index is 0.208. The van der Waals surface area contributed by atoms with Gasteiger partial charge in [-0.15, -0.1) is 0 Å². The Labute approximate surface area is 124 Å². The fourth-order valence-corrected chi connectivity index (χ4v) is 3.11. The van der Waals surface area contributed by atoms with Gasteiger partial charge in [-0.2, -0.15) is 5.10 Å². The molecule has 0 radical (unpaired) electrons. The van der Waals surface area contributed by atoms with E-state index in [1.54, 1.807) is 18.7 Å². The molecule has 1 aromatic rings. The summed E-state index contributed by atoms with van der Waals surface area (Å²) in [6, 6.07) is -0.727. The topological polar surface area (TPSA) is 75.4 Å². The maximum absolute atomic E-state index is 12.8. The van der Waals surface area contributed by atoms with Crippen molar-refractivity contribution in [2.45, 2.75) is 46.1 Å². The molecule has 1 aliphatic heterocycles. The lowest BCUT2D eigenvalue weighted by Crippen LogP contribution is -2.50. The first-order valence-corrected chi connectivity index (χ1v) is 7.40. The van der Waals surface area contributed by atoms with Gasteiger partial charge >= 0.3 is 5.97 Å². The van der Waals surface area contributed by atoms with Crippen LogP contribution >= 0.6 is 0 Å². The number of likely N-dealkylation sites (tertiary alicyclic amines) is 1. The van der Waals surface area contributed by atoms with E-state index < -0.39 is 12.0 Å². The maximum atomic E-state index is 12.8. The molecule has 6 nitrogen and oxygen atoms in total. The summed E-state index contributed by atoms with van der Waals surface area (Å²) in [7, 11) is 1.79. The number of carboxylic acid groups (broad SMARTS) is 1. The third-order valence-electron chi connectivity index (χ3n) is 4.56. The van der Waals surface area contributed by atoms with Crippen LogP contribution in [-0.4, -0.2) is 44.3 Å². The van der Waals surface area contributed by atoms with E-state index in [1.165, 1.54) is 4.90 Å². The van der Waals surface area contributed by atoms with Crippen LogP contribution in [0.2, 0.25) is 0 Å². The van der Waals surface area contributed by atoms with Gasteiger partial charge in [0, 0.05) is 19.3 Å². The molecule has 0 saturated carbocycles. The summed E-state index contributed by atoms with van der Waals surface area (Å²) in [4.78, 5) is 25.8. The van der Waals surface area contributed by atoms with Crippen LogP contribution in [0.1, 0.15) is 47.9 Å². The third-order valence-corrected chi connectivity index (χ3v) is 4.56. The van der Waals surface area contributed by atoms with E-state index in [9.17, 15) is 14.7 Å². The Morgan fingerprint density at radius 3 is 2.52 bits per heavy atom. The number of hydrogen-bond donors (Lipinski definition) is 1. The molecule has 0 aromatic carbocycles. The number of nitrogens with zero attached hydrogens (tertiary/aromatic N) is 3. The zero-order valence-corrected chi connectivity index (χ0v) is 13.1. The number of aromatic nitrogens is 2. The molecule has 1 aliphatic rings. The van der Waals surface area contributed by atoms with Crippen molar-refractivity contribution in [3.8, 4) is 0 Å². The van der Waals surface area contributed by atoms with Crippen LogP contribution in [0.25, 0.3) is 0 Å². The fourth-order valence-electron chi connectivity index (χ4n) is 3.11. The van der Waals surface area contributed by atoms with E-state index in [0.29, 0.717) is 30.1 Å². The molecule has 0 spiro atoms. The maximum Gasteiger partial charge on any atom is 0.326 e. The fraction of sp³-hybridized carbons (Fsp3) is 0.667. The lowest BCUT2D eigenvalue weighted by Gasteiger charge is -2.37. The molecule has 2 unspecified atom stereocenters. The number of carbonyl (C=O) groups is 2. The molecule has 1 saturated heterocycles. The smallest absolute Gasteiger partial charge is 0.326 e. The second-order valence-corrected chi connectivity index (χ2v) is 5.82. The van der Waals surface area contributed by atoms with E-state index in [0.717, 1.165) is 18.5 Å². The second kappa shape index (κ2) is 5.87. The highest BCUT2D eigenvalue weighted by Crippen LogP contribution is 2.28. The van der Waals surface area contributed by atoms with E-state index >= 15 is 0 Å². The van der Waals surface area contributed by atoms with Crippen LogP contribution in [0, 0.1) is 19.8 Å². The van der Waals surface area contributed by atoms with Crippen LogP contribution in [-0.2, 0) is 11.8 Å². The van der Waals surface area contributed by atoms with Crippen molar-refractivity contribution in [2.75, 3.05) is 6.54 Å². The number of aryl methyl sites for hydroxylation is 2. The first-order valence-electron chi connectivity index (χ1n) is 7.40. The number of piperidine rings is 1. The predicted molar refractivity (Wildman–Crippen MR) is 78.2 cm³/mol. The lowest BCUT2D eigenvalue weighted by molar-refractivity contribution is -0.144. The molecule has 21 heavy (non-hydrogen) atoms. The number of rotatable bonds is 3. The molecule has 116 valence electrons. The average Bonchev–Trinajstić information content (AvgIpc) is 2.70. The van der Waals surface area contributed by atoms with Crippen molar-refractivity contribution in [3.63, 3.8) is 0 Å². The van der Waals surface area contributed by atoms with Crippen LogP contribution in [0.4, 0.5) is 0 Å². The standard InChI is InChI=1S/C15H23N3O3/c1-5-11-6-7-18(12(8-11)15(20)21)14(19)13-9(2)16-17(4)10(13)3/h11-12H,5-8H2,1-4H3,(H,20,21). The highest BCUT2D eigenvalue weighted by Gasteiger charge is 2.37. The van der Waals surface area contributed by atoms with E-state index in [-0.39, 0.29) is 5.91 Å². The number of carbonyl (C=O) groups excluding carboxylic acids is 1. The van der Waals surface area contributed by atoms with Gasteiger partial charge in [0.1, 0.15) is 6.04 Å². The molecule has 2 heterocycles. The van der Waals surface area contributed by atoms with Crippen LogP contribution in [0.15, 0.2) is 0 Å². The summed E-state index contributed by atoms with van der Waals surface area (Å²) in [5.41, 5.74) is 1.97. The van der Waals surface area contributed by atoms with Gasteiger partial charge in [-0.05, 0) is 32.6 Å². The first-order chi connectivity index (χ1) is 9.86. The van der Waals surface area contributed by atoms with Gasteiger partial charge in [-0.1, -0.05) is 13.3 Å². The van der Waals surface area contributed by atoms with Gasteiger partial charge in [0.05, 0.1) is 11.3 Å². The first kappa shape index (κ1) is 15.5. The van der Waals surface area contributed by atoms with E-state index in [2.05, 4.69) is 12.0 Å². The van der Waals surface area contributed by atoms with Crippen molar-refractivity contribution < 1.29 is 14.7 Å². The number of amides is 1. The minimum Gasteiger partial charge on any atom is -0.480 e. The molecular formula is C15H23N3O3. The molecule has 1 N–H and O–H groups in total. The second-order valence-electron chi connectivity index (χ2n) is 5.82. The SMILES string of the molecule is CCC1CCN(C(=O)c2c(C)nn(C)c2C)C(C(=O)O)C1. The average molecular weight is 293 g/mol. The number of carboxylic acids is 1. The van der Waals surface area contributed by atoms with Crippen molar-refractivity contribution in [1.29, 1.82) is 0 Å². The highest BCUT2D eigenvalue weighted by molar-refractivity contribution is 5.98. The Morgan fingerprint density at radius 1 is 1.38 bits per heavy atom. The largest absolute Gasteiger partial charge is 0.480 e. The summed E-state index contributed by atoms with van der Waals surface area (Å²) in [5, 5.41) is 13.7. The summed E-state index contributed by atoms with van der Waals surface area (Å²) in [6.07, 6.45) is 2.36. The molecule has 0 bridgehead atoms. The Morgan fingerprint density at radius 2 is 2.05 bits per heavy atom. The Kier molecular flexibility index (Phi) is 4.34. The zero-order chi connectivity index (χ0) is 15.7. The third kappa shape index (κ3) is 2.80. The van der Waals surface area contributed by atoms with Gasteiger partial charge in [0.25, 0.3) is 5.91 Å². The normalized spacial score (nSPS) is 22.4. The summed E-state index contributed by atoms with van der Waals surface area (Å²) >= 11 is 0. The van der Waals surface area contributed by atoms with Crippen molar-refractivity contribution >= 4 is 11.9 Å². The number of hydrogen-bond acceptors (Lipinski definition) is 3. The quantitative estimate of drug-likeness (QED) is 0.921. The Bertz CT molecular complexity index is 565. The highest BCUT2D eigenvalue weighted by atomic mass is 16.4. The molecule has 0 aliphatic carbocycles. The molecular weight excluding hydrogens is 270 g/mol. The minimum atomic E-state index is -0.916. The van der Waals surface area contributed by atoms with Gasteiger partial charge in [-0.25, -0.2) is 4.79 Å². The molecule has 1 aromatic heterocycles. The molecule has 1 amide bonds. The van der Waals surface area contributed by atoms with Crippen LogP contribution < -0.4 is 0 Å². The van der Waals surface area contributed by atoms with Gasteiger partial charge in [0.15, 0.2) is 0 Å². The van der Waals surface area contributed by atoms with Crippen LogP contribution in [0.3, 0.4) is 0 Å². The summed E-state index contributed by atoms with van der Waals surface area (Å²) in [5.74, 6) is -0.744.